The first-order valence-electron chi connectivity index (χ1n) is 7.08. The Morgan fingerprint density at radius 1 is 1.24 bits per heavy atom. The zero-order valence-corrected chi connectivity index (χ0v) is 12.8. The Bertz CT molecular complexity index is 723. The number of nitrogens with zero attached hydrogens (tertiary/aromatic N) is 3. The molecular weight excluding hydrogens is 280 g/mol. The summed E-state index contributed by atoms with van der Waals surface area (Å²) in [6.07, 6.45) is 5.61. The first-order valence-corrected chi connectivity index (χ1v) is 7.90. The van der Waals surface area contributed by atoms with Crippen LogP contribution in [0.2, 0.25) is 0 Å². The lowest BCUT2D eigenvalue weighted by Crippen LogP contribution is -2.22. The van der Waals surface area contributed by atoms with Gasteiger partial charge in [-0.05, 0) is 42.4 Å². The van der Waals surface area contributed by atoms with E-state index in [0.29, 0.717) is 0 Å². The normalized spacial score (nSPS) is 12.7. The number of rotatable bonds is 5. The van der Waals surface area contributed by atoms with Crippen LogP contribution in [0.3, 0.4) is 0 Å². The van der Waals surface area contributed by atoms with E-state index in [-0.39, 0.29) is 6.04 Å². The second-order valence-corrected chi connectivity index (χ2v) is 5.94. The molecule has 108 valence electrons. The van der Waals surface area contributed by atoms with Gasteiger partial charge in [-0.15, -0.1) is 0 Å². The van der Waals surface area contributed by atoms with Crippen LogP contribution in [0.5, 0.6) is 0 Å². The highest BCUT2D eigenvalue weighted by atomic mass is 32.2. The van der Waals surface area contributed by atoms with Crippen molar-refractivity contribution < 1.29 is 0 Å². The first-order chi connectivity index (χ1) is 10.3. The second kappa shape index (κ2) is 6.28. The highest BCUT2D eigenvalue weighted by Gasteiger charge is 2.15. The van der Waals surface area contributed by atoms with Gasteiger partial charge in [-0.25, -0.2) is 9.97 Å². The molecule has 1 unspecified atom stereocenters. The monoisotopic (exact) mass is 298 g/mol. The van der Waals surface area contributed by atoms with Crippen molar-refractivity contribution >= 4 is 17.4 Å². The maximum Gasteiger partial charge on any atom is 0.138 e. The molecule has 0 aromatic carbocycles. The molecule has 3 heterocycles. The molecule has 2 N–H and O–H groups in total. The molecule has 0 saturated carbocycles. The van der Waals surface area contributed by atoms with E-state index in [2.05, 4.69) is 16.3 Å². The van der Waals surface area contributed by atoms with Gasteiger partial charge in [-0.1, -0.05) is 19.1 Å². The van der Waals surface area contributed by atoms with Crippen LogP contribution in [0.15, 0.2) is 58.8 Å². The van der Waals surface area contributed by atoms with E-state index in [0.717, 1.165) is 34.2 Å². The Labute approximate surface area is 128 Å². The molecular formula is C16H18N4S. The lowest BCUT2D eigenvalue weighted by atomic mass is 10.1. The number of imidazole rings is 1. The predicted octanol–water partition coefficient (Wildman–Crippen LogP) is 3.16. The van der Waals surface area contributed by atoms with Crippen molar-refractivity contribution in [1.29, 1.82) is 0 Å². The van der Waals surface area contributed by atoms with Crippen LogP contribution >= 0.6 is 11.8 Å². The molecule has 0 amide bonds. The lowest BCUT2D eigenvalue weighted by molar-refractivity contribution is 0.627. The second-order valence-electron chi connectivity index (χ2n) is 4.93. The topological polar surface area (TPSA) is 56.2 Å². The Morgan fingerprint density at radius 2 is 2.10 bits per heavy atom. The number of fused-ring (bicyclic) bond motifs is 1. The minimum absolute atomic E-state index is 0.146. The van der Waals surface area contributed by atoms with Gasteiger partial charge in [0.05, 0.1) is 5.69 Å². The number of nitrogens with two attached hydrogens (primary N) is 1. The number of aromatic nitrogens is 3. The van der Waals surface area contributed by atoms with Gasteiger partial charge in [0.15, 0.2) is 0 Å². The molecule has 21 heavy (non-hydrogen) atoms. The van der Waals surface area contributed by atoms with Gasteiger partial charge in [-0.2, -0.15) is 0 Å². The van der Waals surface area contributed by atoms with Gasteiger partial charge in [0.2, 0.25) is 0 Å². The van der Waals surface area contributed by atoms with E-state index in [9.17, 15) is 0 Å². The van der Waals surface area contributed by atoms with E-state index < -0.39 is 0 Å². The van der Waals surface area contributed by atoms with Crippen molar-refractivity contribution in [2.45, 2.75) is 35.9 Å². The van der Waals surface area contributed by atoms with Crippen molar-refractivity contribution in [3.05, 3.63) is 54.5 Å². The fourth-order valence-corrected chi connectivity index (χ4v) is 3.09. The third-order valence-corrected chi connectivity index (χ3v) is 4.38. The van der Waals surface area contributed by atoms with Crippen LogP contribution in [-0.2, 0) is 6.42 Å². The molecule has 0 saturated heterocycles. The van der Waals surface area contributed by atoms with Crippen LogP contribution in [-0.4, -0.2) is 20.4 Å². The average Bonchev–Trinajstić information content (AvgIpc) is 2.86. The van der Waals surface area contributed by atoms with Crippen molar-refractivity contribution in [3.63, 3.8) is 0 Å². The summed E-state index contributed by atoms with van der Waals surface area (Å²) in [5, 5.41) is 1.94. The molecule has 0 fully saturated rings. The largest absolute Gasteiger partial charge is 0.327 e. The van der Waals surface area contributed by atoms with Crippen LogP contribution in [0, 0.1) is 0 Å². The number of hydrogen-bond acceptors (Lipinski definition) is 4. The van der Waals surface area contributed by atoms with Gasteiger partial charge in [0.1, 0.15) is 15.7 Å². The van der Waals surface area contributed by atoms with Crippen LogP contribution in [0.25, 0.3) is 5.65 Å². The SMILES string of the molecule is CCC(N)Cc1c(Sc2ccccn2)nc2ccccn12. The summed E-state index contributed by atoms with van der Waals surface area (Å²) in [4.78, 5) is 9.09. The quantitative estimate of drug-likeness (QED) is 0.786. The fourth-order valence-electron chi connectivity index (χ4n) is 2.19. The Kier molecular flexibility index (Phi) is 4.22. The van der Waals surface area contributed by atoms with Gasteiger partial charge >= 0.3 is 0 Å². The molecule has 0 radical (unpaired) electrons. The maximum atomic E-state index is 6.15. The van der Waals surface area contributed by atoms with Gasteiger partial charge in [0, 0.05) is 24.9 Å². The molecule has 0 spiro atoms. The summed E-state index contributed by atoms with van der Waals surface area (Å²) in [7, 11) is 0. The molecule has 3 aromatic rings. The molecule has 0 bridgehead atoms. The van der Waals surface area contributed by atoms with E-state index in [1.165, 1.54) is 0 Å². The molecule has 3 aromatic heterocycles. The molecule has 0 aliphatic carbocycles. The predicted molar refractivity (Wildman–Crippen MR) is 85.5 cm³/mol. The van der Waals surface area contributed by atoms with E-state index in [1.54, 1.807) is 18.0 Å². The molecule has 0 aliphatic heterocycles. The highest BCUT2D eigenvalue weighted by molar-refractivity contribution is 7.99. The first kappa shape index (κ1) is 14.1. The zero-order chi connectivity index (χ0) is 14.7. The molecule has 0 aliphatic rings. The standard InChI is InChI=1S/C16H18N4S/c1-2-12(17)11-13-16(21-15-8-3-5-9-18-15)19-14-7-4-6-10-20(13)14/h3-10,12H,2,11,17H2,1H3. The molecule has 4 nitrogen and oxygen atoms in total. The average molecular weight is 298 g/mol. The zero-order valence-electron chi connectivity index (χ0n) is 11.9. The molecule has 3 rings (SSSR count). The molecule has 5 heteroatoms. The summed E-state index contributed by atoms with van der Waals surface area (Å²) < 4.78 is 2.13. The third-order valence-electron chi connectivity index (χ3n) is 3.41. The summed E-state index contributed by atoms with van der Waals surface area (Å²) in [5.41, 5.74) is 8.27. The lowest BCUT2D eigenvalue weighted by Gasteiger charge is -2.10. The van der Waals surface area contributed by atoms with Crippen LogP contribution in [0.4, 0.5) is 0 Å². The number of hydrogen-bond donors (Lipinski definition) is 1. The summed E-state index contributed by atoms with van der Waals surface area (Å²) in [5.74, 6) is 0. The fraction of sp³-hybridized carbons (Fsp3) is 0.250. The Morgan fingerprint density at radius 3 is 2.86 bits per heavy atom. The minimum Gasteiger partial charge on any atom is -0.327 e. The smallest absolute Gasteiger partial charge is 0.138 e. The van der Waals surface area contributed by atoms with Gasteiger partial charge in [-0.3, -0.25) is 0 Å². The number of pyridine rings is 2. The van der Waals surface area contributed by atoms with Crippen LogP contribution in [0.1, 0.15) is 19.0 Å². The van der Waals surface area contributed by atoms with Gasteiger partial charge < -0.3 is 10.1 Å². The Hall–Kier alpha value is -1.85. The highest BCUT2D eigenvalue weighted by Crippen LogP contribution is 2.29. The summed E-state index contributed by atoms with van der Waals surface area (Å²) >= 11 is 1.59. The van der Waals surface area contributed by atoms with Crippen molar-refractivity contribution in [3.8, 4) is 0 Å². The molecule has 1 atom stereocenters. The Balaban J connectivity index is 2.02. The minimum atomic E-state index is 0.146. The van der Waals surface area contributed by atoms with Crippen molar-refractivity contribution in [2.24, 2.45) is 5.73 Å². The van der Waals surface area contributed by atoms with Crippen LogP contribution < -0.4 is 5.73 Å². The summed E-state index contributed by atoms with van der Waals surface area (Å²) in [6, 6.07) is 12.1. The maximum absolute atomic E-state index is 6.15. The van der Waals surface area contributed by atoms with Gasteiger partial charge in [0.25, 0.3) is 0 Å². The van der Waals surface area contributed by atoms with E-state index >= 15 is 0 Å². The van der Waals surface area contributed by atoms with Crippen molar-refractivity contribution in [2.75, 3.05) is 0 Å². The summed E-state index contributed by atoms with van der Waals surface area (Å²) in [6.45, 7) is 2.11. The third kappa shape index (κ3) is 3.09. The van der Waals surface area contributed by atoms with E-state index in [4.69, 9.17) is 10.7 Å². The van der Waals surface area contributed by atoms with E-state index in [1.807, 2.05) is 42.6 Å². The van der Waals surface area contributed by atoms with Crippen molar-refractivity contribution in [1.82, 2.24) is 14.4 Å².